The third-order valence-corrected chi connectivity index (χ3v) is 5.33. The van der Waals surface area contributed by atoms with Gasteiger partial charge in [0.15, 0.2) is 0 Å². The van der Waals surface area contributed by atoms with Gasteiger partial charge in [-0.1, -0.05) is 18.9 Å². The fraction of sp³-hybridized carbons (Fsp3) is 0.538. The zero-order chi connectivity index (χ0) is 14.1. The summed E-state index contributed by atoms with van der Waals surface area (Å²) in [5.41, 5.74) is 5.56. The SMILES string of the molecule is Cc1ccc(S(=O)(=O)NC2(CN)CCCC2)cc1F.Cl. The molecule has 0 amide bonds. The van der Waals surface area contributed by atoms with E-state index < -0.39 is 21.4 Å². The average molecular weight is 323 g/mol. The molecule has 3 N–H and O–H groups in total. The molecule has 2 rings (SSSR count). The molecule has 0 bridgehead atoms. The van der Waals surface area contributed by atoms with Gasteiger partial charge in [-0.3, -0.25) is 0 Å². The van der Waals surface area contributed by atoms with Crippen molar-refractivity contribution in [2.45, 2.75) is 43.0 Å². The van der Waals surface area contributed by atoms with Gasteiger partial charge in [0, 0.05) is 12.1 Å². The Hall–Kier alpha value is -0.690. The van der Waals surface area contributed by atoms with Crippen molar-refractivity contribution in [3.05, 3.63) is 29.6 Å². The molecule has 0 radical (unpaired) electrons. The number of nitrogens with two attached hydrogens (primary N) is 1. The van der Waals surface area contributed by atoms with Gasteiger partial charge in [0.2, 0.25) is 10.0 Å². The lowest BCUT2D eigenvalue weighted by Gasteiger charge is -2.28. The third kappa shape index (κ3) is 3.49. The van der Waals surface area contributed by atoms with Crippen LogP contribution in [-0.4, -0.2) is 20.5 Å². The van der Waals surface area contributed by atoms with Crippen LogP contribution < -0.4 is 10.5 Å². The van der Waals surface area contributed by atoms with Crippen LogP contribution >= 0.6 is 12.4 Å². The average Bonchev–Trinajstić information content (AvgIpc) is 2.81. The maximum atomic E-state index is 13.5. The van der Waals surface area contributed by atoms with Crippen molar-refractivity contribution in [2.75, 3.05) is 6.54 Å². The van der Waals surface area contributed by atoms with Gasteiger partial charge >= 0.3 is 0 Å². The number of nitrogens with one attached hydrogen (secondary N) is 1. The van der Waals surface area contributed by atoms with E-state index >= 15 is 0 Å². The van der Waals surface area contributed by atoms with Crippen molar-refractivity contribution in [1.82, 2.24) is 4.72 Å². The Labute approximate surface area is 125 Å². The molecular formula is C13H20ClFN2O2S. The summed E-state index contributed by atoms with van der Waals surface area (Å²) in [6.07, 6.45) is 3.39. The van der Waals surface area contributed by atoms with Crippen LogP contribution in [0.1, 0.15) is 31.2 Å². The van der Waals surface area contributed by atoms with Crippen LogP contribution in [0.25, 0.3) is 0 Å². The Bertz CT molecular complexity index is 572. The number of rotatable bonds is 4. The molecule has 1 saturated carbocycles. The highest BCUT2D eigenvalue weighted by molar-refractivity contribution is 7.89. The van der Waals surface area contributed by atoms with Crippen molar-refractivity contribution < 1.29 is 12.8 Å². The summed E-state index contributed by atoms with van der Waals surface area (Å²) >= 11 is 0. The summed E-state index contributed by atoms with van der Waals surface area (Å²) < 4.78 is 40.7. The quantitative estimate of drug-likeness (QED) is 0.891. The first-order valence-electron chi connectivity index (χ1n) is 6.39. The minimum atomic E-state index is -3.72. The second-order valence-corrected chi connectivity index (χ2v) is 6.89. The summed E-state index contributed by atoms with van der Waals surface area (Å²) in [4.78, 5) is -0.0460. The monoisotopic (exact) mass is 322 g/mol. The highest BCUT2D eigenvalue weighted by Gasteiger charge is 2.36. The predicted molar refractivity (Wildman–Crippen MR) is 79.0 cm³/mol. The van der Waals surface area contributed by atoms with Crippen LogP contribution in [0, 0.1) is 12.7 Å². The highest BCUT2D eigenvalue weighted by Crippen LogP contribution is 2.30. The summed E-state index contributed by atoms with van der Waals surface area (Å²) in [6.45, 7) is 1.86. The van der Waals surface area contributed by atoms with Gasteiger partial charge in [-0.25, -0.2) is 17.5 Å². The van der Waals surface area contributed by atoms with Crippen LogP contribution in [0.15, 0.2) is 23.1 Å². The zero-order valence-corrected chi connectivity index (χ0v) is 13.0. The molecule has 1 aromatic rings. The molecule has 0 aliphatic heterocycles. The van der Waals surface area contributed by atoms with Crippen LogP contribution in [0.4, 0.5) is 4.39 Å². The number of benzene rings is 1. The number of aryl methyl sites for hydroxylation is 1. The fourth-order valence-electron chi connectivity index (χ4n) is 2.48. The van der Waals surface area contributed by atoms with E-state index in [1.165, 1.54) is 12.1 Å². The molecule has 0 unspecified atom stereocenters. The van der Waals surface area contributed by atoms with Crippen molar-refractivity contribution in [2.24, 2.45) is 5.73 Å². The van der Waals surface area contributed by atoms with Gasteiger partial charge in [0.1, 0.15) is 5.82 Å². The summed E-state index contributed by atoms with van der Waals surface area (Å²) in [5, 5.41) is 0. The van der Waals surface area contributed by atoms with Crippen molar-refractivity contribution in [3.63, 3.8) is 0 Å². The molecule has 1 aliphatic rings. The van der Waals surface area contributed by atoms with Crippen molar-refractivity contribution in [1.29, 1.82) is 0 Å². The Morgan fingerprint density at radius 2 is 1.95 bits per heavy atom. The van der Waals surface area contributed by atoms with E-state index in [1.54, 1.807) is 6.92 Å². The van der Waals surface area contributed by atoms with Crippen LogP contribution in [0.3, 0.4) is 0 Å². The Balaban J connectivity index is 0.00000200. The number of sulfonamides is 1. The molecule has 1 fully saturated rings. The van der Waals surface area contributed by atoms with E-state index in [2.05, 4.69) is 4.72 Å². The van der Waals surface area contributed by atoms with Gasteiger partial charge in [-0.2, -0.15) is 0 Å². The molecule has 0 aromatic heterocycles. The second-order valence-electron chi connectivity index (χ2n) is 5.21. The maximum absolute atomic E-state index is 13.5. The summed E-state index contributed by atoms with van der Waals surface area (Å²) in [6, 6.07) is 3.93. The number of hydrogen-bond donors (Lipinski definition) is 2. The highest BCUT2D eigenvalue weighted by atomic mass is 35.5. The van der Waals surface area contributed by atoms with Crippen molar-refractivity contribution >= 4 is 22.4 Å². The van der Waals surface area contributed by atoms with E-state index in [4.69, 9.17) is 5.73 Å². The topological polar surface area (TPSA) is 72.2 Å². The van der Waals surface area contributed by atoms with Gasteiger partial charge in [-0.05, 0) is 37.5 Å². The fourth-order valence-corrected chi connectivity index (χ4v) is 3.97. The number of halogens is 2. The summed E-state index contributed by atoms with van der Waals surface area (Å²) in [7, 11) is -3.72. The van der Waals surface area contributed by atoms with Crippen LogP contribution in [0.5, 0.6) is 0 Å². The molecule has 0 spiro atoms. The van der Waals surface area contributed by atoms with Crippen LogP contribution in [0.2, 0.25) is 0 Å². The molecule has 1 aliphatic carbocycles. The molecule has 0 heterocycles. The predicted octanol–water partition coefficient (Wildman–Crippen LogP) is 2.11. The second kappa shape index (κ2) is 6.39. The van der Waals surface area contributed by atoms with Gasteiger partial charge < -0.3 is 5.73 Å². The largest absolute Gasteiger partial charge is 0.329 e. The smallest absolute Gasteiger partial charge is 0.241 e. The Morgan fingerprint density at radius 1 is 1.35 bits per heavy atom. The Morgan fingerprint density at radius 3 is 2.45 bits per heavy atom. The molecule has 114 valence electrons. The van der Waals surface area contributed by atoms with Gasteiger partial charge in [-0.15, -0.1) is 12.4 Å². The lowest BCUT2D eigenvalue weighted by Crippen LogP contribution is -2.51. The summed E-state index contributed by atoms with van der Waals surface area (Å²) in [5.74, 6) is -0.518. The molecule has 0 atom stereocenters. The van der Waals surface area contributed by atoms with Gasteiger partial charge in [0.25, 0.3) is 0 Å². The normalized spacial score (nSPS) is 17.8. The first-order valence-corrected chi connectivity index (χ1v) is 7.87. The van der Waals surface area contributed by atoms with E-state index in [1.807, 2.05) is 0 Å². The van der Waals surface area contributed by atoms with E-state index in [9.17, 15) is 12.8 Å². The minimum Gasteiger partial charge on any atom is -0.329 e. The molecule has 1 aromatic carbocycles. The lowest BCUT2D eigenvalue weighted by molar-refractivity contribution is 0.399. The molecular weight excluding hydrogens is 303 g/mol. The lowest BCUT2D eigenvalue weighted by atomic mass is 10.0. The Kier molecular flexibility index (Phi) is 5.54. The van der Waals surface area contributed by atoms with E-state index in [0.717, 1.165) is 31.7 Å². The first-order chi connectivity index (χ1) is 8.88. The minimum absolute atomic E-state index is 0. The molecule has 0 saturated heterocycles. The van der Waals surface area contributed by atoms with Crippen LogP contribution in [-0.2, 0) is 10.0 Å². The van der Waals surface area contributed by atoms with Crippen molar-refractivity contribution in [3.8, 4) is 0 Å². The third-order valence-electron chi connectivity index (χ3n) is 3.76. The molecule has 7 heteroatoms. The first kappa shape index (κ1) is 17.4. The standard InChI is InChI=1S/C13H19FN2O2S.ClH/c1-10-4-5-11(8-12(10)14)19(17,18)16-13(9-15)6-2-3-7-13;/h4-5,8,16H,2-3,6-7,9,15H2,1H3;1H. The maximum Gasteiger partial charge on any atom is 0.241 e. The number of hydrogen-bond acceptors (Lipinski definition) is 3. The van der Waals surface area contributed by atoms with E-state index in [0.29, 0.717) is 5.56 Å². The molecule has 4 nitrogen and oxygen atoms in total. The molecule has 20 heavy (non-hydrogen) atoms. The zero-order valence-electron chi connectivity index (χ0n) is 11.4. The van der Waals surface area contributed by atoms with E-state index in [-0.39, 0.29) is 23.8 Å². The van der Waals surface area contributed by atoms with Gasteiger partial charge in [0.05, 0.1) is 4.90 Å².